The number of para-hydroxylation sites is 1. The summed E-state index contributed by atoms with van der Waals surface area (Å²) in [5.41, 5.74) is 1.20. The van der Waals surface area contributed by atoms with Crippen molar-refractivity contribution in [3.05, 3.63) is 36.2 Å². The zero-order valence-corrected chi connectivity index (χ0v) is 10.1. The molecule has 1 aromatic carbocycles. The van der Waals surface area contributed by atoms with Gasteiger partial charge in [0.05, 0.1) is 11.1 Å². The van der Waals surface area contributed by atoms with Crippen LogP contribution in [0.15, 0.2) is 30.6 Å². The summed E-state index contributed by atoms with van der Waals surface area (Å²) >= 11 is 0. The Bertz CT molecular complexity index is 553. The molecule has 0 aliphatic rings. The molecule has 0 saturated carbocycles. The van der Waals surface area contributed by atoms with Crippen LogP contribution in [0.2, 0.25) is 0 Å². The molecule has 0 fully saturated rings. The second-order valence-corrected chi connectivity index (χ2v) is 4.73. The maximum Gasteiger partial charge on any atom is 0.340 e. The van der Waals surface area contributed by atoms with E-state index in [1.165, 1.54) is 0 Å². The van der Waals surface area contributed by atoms with E-state index in [-0.39, 0.29) is 5.97 Å². The first-order valence-corrected chi connectivity index (χ1v) is 5.40. The minimum Gasteiger partial charge on any atom is -0.456 e. The standard InChI is InChI=1S/C13H14N2O2/c1-13(2,3)17-12(16)9-5-4-6-10-11(9)15-8-7-14-10/h4-8H,1-3H3. The van der Waals surface area contributed by atoms with E-state index < -0.39 is 5.60 Å². The van der Waals surface area contributed by atoms with E-state index in [9.17, 15) is 4.79 Å². The number of carbonyl (C=O) groups excluding carboxylic acids is 1. The fourth-order valence-electron chi connectivity index (χ4n) is 1.49. The molecule has 0 unspecified atom stereocenters. The first-order valence-electron chi connectivity index (χ1n) is 5.40. The van der Waals surface area contributed by atoms with Gasteiger partial charge >= 0.3 is 5.97 Å². The summed E-state index contributed by atoms with van der Waals surface area (Å²) in [6, 6.07) is 5.29. The van der Waals surface area contributed by atoms with Crippen molar-refractivity contribution in [1.29, 1.82) is 0 Å². The lowest BCUT2D eigenvalue weighted by Gasteiger charge is -2.19. The Kier molecular flexibility index (Phi) is 2.79. The van der Waals surface area contributed by atoms with E-state index >= 15 is 0 Å². The summed E-state index contributed by atoms with van der Waals surface area (Å²) in [5, 5.41) is 0. The molecule has 0 N–H and O–H groups in total. The van der Waals surface area contributed by atoms with Gasteiger partial charge < -0.3 is 4.74 Å². The second-order valence-electron chi connectivity index (χ2n) is 4.73. The van der Waals surface area contributed by atoms with Gasteiger partial charge in [-0.15, -0.1) is 0 Å². The molecule has 1 heterocycles. The Morgan fingerprint density at radius 3 is 2.59 bits per heavy atom. The van der Waals surface area contributed by atoms with Crippen molar-refractivity contribution in [1.82, 2.24) is 9.97 Å². The van der Waals surface area contributed by atoms with Crippen molar-refractivity contribution < 1.29 is 9.53 Å². The Balaban J connectivity index is 2.45. The van der Waals surface area contributed by atoms with Gasteiger partial charge in [0.1, 0.15) is 11.1 Å². The monoisotopic (exact) mass is 230 g/mol. The normalized spacial score (nSPS) is 11.5. The van der Waals surface area contributed by atoms with Crippen LogP contribution in [0.1, 0.15) is 31.1 Å². The van der Waals surface area contributed by atoms with Gasteiger partial charge in [-0.25, -0.2) is 4.79 Å². The number of fused-ring (bicyclic) bond motifs is 1. The predicted octanol–water partition coefficient (Wildman–Crippen LogP) is 2.59. The third kappa shape index (κ3) is 2.58. The molecular formula is C13H14N2O2. The molecule has 17 heavy (non-hydrogen) atoms. The Morgan fingerprint density at radius 2 is 1.88 bits per heavy atom. The average molecular weight is 230 g/mol. The highest BCUT2D eigenvalue weighted by Gasteiger charge is 2.20. The van der Waals surface area contributed by atoms with Gasteiger partial charge in [0.2, 0.25) is 0 Å². The second kappa shape index (κ2) is 4.13. The zero-order valence-electron chi connectivity index (χ0n) is 10.1. The van der Waals surface area contributed by atoms with Gasteiger partial charge in [-0.1, -0.05) is 6.07 Å². The third-order valence-corrected chi connectivity index (χ3v) is 2.12. The van der Waals surface area contributed by atoms with Crippen LogP contribution in [0.3, 0.4) is 0 Å². The quantitative estimate of drug-likeness (QED) is 0.706. The summed E-state index contributed by atoms with van der Waals surface area (Å²) in [6.45, 7) is 5.51. The van der Waals surface area contributed by atoms with E-state index in [1.807, 2.05) is 26.8 Å². The Hall–Kier alpha value is -1.97. The number of hydrogen-bond donors (Lipinski definition) is 0. The summed E-state index contributed by atoms with van der Waals surface area (Å²) in [5.74, 6) is -0.372. The average Bonchev–Trinajstić information content (AvgIpc) is 2.26. The van der Waals surface area contributed by atoms with Crippen LogP contribution in [-0.4, -0.2) is 21.5 Å². The lowest BCUT2D eigenvalue weighted by atomic mass is 10.1. The number of aromatic nitrogens is 2. The van der Waals surface area contributed by atoms with Crippen LogP contribution in [0.25, 0.3) is 11.0 Å². The smallest absolute Gasteiger partial charge is 0.340 e. The van der Waals surface area contributed by atoms with E-state index in [0.717, 1.165) is 0 Å². The number of benzene rings is 1. The topological polar surface area (TPSA) is 52.1 Å². The summed E-state index contributed by atoms with van der Waals surface area (Å²) in [7, 11) is 0. The van der Waals surface area contributed by atoms with Crippen molar-refractivity contribution in [3.63, 3.8) is 0 Å². The number of ether oxygens (including phenoxy) is 1. The number of rotatable bonds is 1. The Labute approximate surface area is 99.7 Å². The maximum atomic E-state index is 12.0. The lowest BCUT2D eigenvalue weighted by Crippen LogP contribution is -2.24. The summed E-state index contributed by atoms with van der Waals surface area (Å²) < 4.78 is 5.33. The van der Waals surface area contributed by atoms with E-state index in [1.54, 1.807) is 24.5 Å². The van der Waals surface area contributed by atoms with Crippen molar-refractivity contribution in [3.8, 4) is 0 Å². The fourth-order valence-corrected chi connectivity index (χ4v) is 1.49. The van der Waals surface area contributed by atoms with Crippen molar-refractivity contribution in [2.75, 3.05) is 0 Å². The number of esters is 1. The highest BCUT2D eigenvalue weighted by atomic mass is 16.6. The predicted molar refractivity (Wildman–Crippen MR) is 64.7 cm³/mol. The molecule has 0 spiro atoms. The minimum absolute atomic E-state index is 0.372. The molecule has 4 nitrogen and oxygen atoms in total. The van der Waals surface area contributed by atoms with Crippen LogP contribution >= 0.6 is 0 Å². The van der Waals surface area contributed by atoms with Gasteiger partial charge in [-0.2, -0.15) is 0 Å². The van der Waals surface area contributed by atoms with Crippen LogP contribution < -0.4 is 0 Å². The van der Waals surface area contributed by atoms with Crippen LogP contribution in [0.5, 0.6) is 0 Å². The van der Waals surface area contributed by atoms with Crippen LogP contribution in [0.4, 0.5) is 0 Å². The van der Waals surface area contributed by atoms with Gasteiger partial charge in [-0.05, 0) is 32.9 Å². The molecule has 2 aromatic rings. The molecule has 2 rings (SSSR count). The third-order valence-electron chi connectivity index (χ3n) is 2.12. The number of hydrogen-bond acceptors (Lipinski definition) is 4. The molecule has 0 amide bonds. The highest BCUT2D eigenvalue weighted by molar-refractivity contribution is 6.01. The summed E-state index contributed by atoms with van der Waals surface area (Å²) in [6.07, 6.45) is 3.16. The molecule has 4 heteroatoms. The molecule has 0 atom stereocenters. The largest absolute Gasteiger partial charge is 0.456 e. The minimum atomic E-state index is -0.512. The molecule has 0 radical (unpaired) electrons. The number of nitrogens with zero attached hydrogens (tertiary/aromatic N) is 2. The molecule has 0 aliphatic heterocycles. The summed E-state index contributed by atoms with van der Waals surface area (Å²) in [4.78, 5) is 20.3. The van der Waals surface area contributed by atoms with Crippen LogP contribution in [0, 0.1) is 0 Å². The van der Waals surface area contributed by atoms with Gasteiger partial charge in [0.25, 0.3) is 0 Å². The number of carbonyl (C=O) groups is 1. The zero-order chi connectivity index (χ0) is 12.5. The molecule has 0 saturated heterocycles. The van der Waals surface area contributed by atoms with E-state index in [4.69, 9.17) is 4.74 Å². The fraction of sp³-hybridized carbons (Fsp3) is 0.308. The highest BCUT2D eigenvalue weighted by Crippen LogP contribution is 2.18. The van der Waals surface area contributed by atoms with Gasteiger partial charge in [0, 0.05) is 12.4 Å². The maximum absolute atomic E-state index is 12.0. The first-order chi connectivity index (χ1) is 7.97. The Morgan fingerprint density at radius 1 is 1.18 bits per heavy atom. The SMILES string of the molecule is CC(C)(C)OC(=O)c1cccc2nccnc12. The first kappa shape index (κ1) is 11.5. The molecule has 1 aromatic heterocycles. The van der Waals surface area contributed by atoms with Crippen molar-refractivity contribution in [2.24, 2.45) is 0 Å². The molecular weight excluding hydrogens is 216 g/mol. The molecule has 0 aliphatic carbocycles. The van der Waals surface area contributed by atoms with Crippen LogP contribution in [-0.2, 0) is 4.74 Å². The van der Waals surface area contributed by atoms with E-state index in [0.29, 0.717) is 16.6 Å². The van der Waals surface area contributed by atoms with E-state index in [2.05, 4.69) is 9.97 Å². The van der Waals surface area contributed by atoms with Crippen molar-refractivity contribution in [2.45, 2.75) is 26.4 Å². The van der Waals surface area contributed by atoms with Gasteiger partial charge in [-0.3, -0.25) is 9.97 Å². The lowest BCUT2D eigenvalue weighted by molar-refractivity contribution is 0.00716. The molecule has 0 bridgehead atoms. The van der Waals surface area contributed by atoms with Crippen molar-refractivity contribution >= 4 is 17.0 Å². The molecule has 88 valence electrons. The van der Waals surface area contributed by atoms with Gasteiger partial charge in [0.15, 0.2) is 0 Å².